The van der Waals surface area contributed by atoms with Crippen LogP contribution in [0.4, 0.5) is 0 Å². The lowest BCUT2D eigenvalue weighted by molar-refractivity contribution is -0.167. The summed E-state index contributed by atoms with van der Waals surface area (Å²) in [4.78, 5) is 38.3. The normalized spacial score (nSPS) is 12.2. The van der Waals surface area contributed by atoms with E-state index in [1.54, 1.807) is 0 Å². The molecule has 0 fully saturated rings. The van der Waals surface area contributed by atoms with Crippen LogP contribution in [0.25, 0.3) is 0 Å². The summed E-state index contributed by atoms with van der Waals surface area (Å²) in [5.41, 5.74) is 0. The Bertz CT molecular complexity index is 1220. The highest BCUT2D eigenvalue weighted by molar-refractivity contribution is 5.71. The number of hydrogen-bond acceptors (Lipinski definition) is 6. The van der Waals surface area contributed by atoms with Crippen molar-refractivity contribution in [1.82, 2.24) is 0 Å². The molecular formula is C67H124O6. The van der Waals surface area contributed by atoms with Crippen LogP contribution in [0.5, 0.6) is 0 Å². The summed E-state index contributed by atoms with van der Waals surface area (Å²) in [6, 6.07) is 0. The molecule has 0 aromatic carbocycles. The monoisotopic (exact) mass is 1020 g/mol. The molecule has 0 rings (SSSR count). The third-order valence-corrected chi connectivity index (χ3v) is 14.6. The Hall–Kier alpha value is -2.37. The molecule has 0 aromatic heterocycles. The van der Waals surface area contributed by atoms with Crippen LogP contribution in [-0.4, -0.2) is 37.2 Å². The molecule has 1 atom stereocenters. The van der Waals surface area contributed by atoms with E-state index >= 15 is 0 Å². The molecule has 0 radical (unpaired) electrons. The standard InChI is InChI=1S/C67H124O6/c1-4-7-10-13-16-19-22-25-28-31-33-34-37-39-42-45-48-51-54-57-60-66(69)72-63-64(62-71-65(68)59-56-53-50-47-44-41-38-35-30-27-24-21-18-15-12-9-6-3)73-67(70)61-58-55-52-49-46-43-40-36-32-29-26-23-20-17-14-11-8-5-2/h18,21,27,29-30,32,64H,4-17,19-20,22-26,28,31,33-63H2,1-3H3/b21-18-,30-27-,32-29-. The molecule has 1 unspecified atom stereocenters. The highest BCUT2D eigenvalue weighted by atomic mass is 16.6. The molecule has 0 bridgehead atoms. The maximum Gasteiger partial charge on any atom is 0.306 e. The second-order valence-corrected chi connectivity index (χ2v) is 22.0. The zero-order chi connectivity index (χ0) is 52.9. The molecule has 0 saturated heterocycles. The summed E-state index contributed by atoms with van der Waals surface area (Å²) < 4.78 is 17.0. The largest absolute Gasteiger partial charge is 0.462 e. The molecule has 0 N–H and O–H groups in total. The lowest BCUT2D eigenvalue weighted by Crippen LogP contribution is -2.30. The van der Waals surface area contributed by atoms with Crippen LogP contribution in [0.2, 0.25) is 0 Å². The van der Waals surface area contributed by atoms with Crippen molar-refractivity contribution in [2.75, 3.05) is 13.2 Å². The minimum absolute atomic E-state index is 0.0721. The van der Waals surface area contributed by atoms with E-state index in [0.717, 1.165) is 70.6 Å². The summed E-state index contributed by atoms with van der Waals surface area (Å²) in [7, 11) is 0. The molecule has 73 heavy (non-hydrogen) atoms. The third kappa shape index (κ3) is 60.4. The first kappa shape index (κ1) is 70.6. The second kappa shape index (κ2) is 62.2. The molecule has 6 heteroatoms. The van der Waals surface area contributed by atoms with Gasteiger partial charge < -0.3 is 14.2 Å². The van der Waals surface area contributed by atoms with Gasteiger partial charge in [0.2, 0.25) is 0 Å². The number of carbonyl (C=O) groups is 3. The molecule has 0 aliphatic carbocycles. The number of ether oxygens (including phenoxy) is 3. The van der Waals surface area contributed by atoms with Crippen molar-refractivity contribution in [1.29, 1.82) is 0 Å². The van der Waals surface area contributed by atoms with Gasteiger partial charge in [-0.25, -0.2) is 0 Å². The minimum Gasteiger partial charge on any atom is -0.462 e. The Balaban J connectivity index is 4.33. The van der Waals surface area contributed by atoms with Gasteiger partial charge in [0.05, 0.1) is 0 Å². The van der Waals surface area contributed by atoms with Gasteiger partial charge in [-0.15, -0.1) is 0 Å². The molecule has 0 amide bonds. The first-order valence-corrected chi connectivity index (χ1v) is 32.5. The number of esters is 3. The first-order valence-electron chi connectivity index (χ1n) is 32.5. The zero-order valence-corrected chi connectivity index (χ0v) is 49.2. The molecule has 428 valence electrons. The Morgan fingerprint density at radius 1 is 0.274 bits per heavy atom. The summed E-state index contributed by atoms with van der Waals surface area (Å²) >= 11 is 0. The average molecular weight is 1030 g/mol. The number of rotatable bonds is 60. The van der Waals surface area contributed by atoms with E-state index in [4.69, 9.17) is 14.2 Å². The number of hydrogen-bond donors (Lipinski definition) is 0. The molecule has 0 aliphatic heterocycles. The molecule has 0 aromatic rings. The van der Waals surface area contributed by atoms with Gasteiger partial charge in [0.1, 0.15) is 13.2 Å². The van der Waals surface area contributed by atoms with E-state index in [1.807, 2.05) is 0 Å². The van der Waals surface area contributed by atoms with Crippen LogP contribution in [0.3, 0.4) is 0 Å². The second-order valence-electron chi connectivity index (χ2n) is 22.0. The van der Waals surface area contributed by atoms with Crippen LogP contribution in [-0.2, 0) is 28.6 Å². The fourth-order valence-electron chi connectivity index (χ4n) is 9.71. The molecule has 0 saturated carbocycles. The van der Waals surface area contributed by atoms with Gasteiger partial charge in [-0.3, -0.25) is 14.4 Å². The van der Waals surface area contributed by atoms with E-state index in [-0.39, 0.29) is 31.1 Å². The Morgan fingerprint density at radius 3 is 0.795 bits per heavy atom. The fraction of sp³-hybridized carbons (Fsp3) is 0.866. The topological polar surface area (TPSA) is 78.9 Å². The zero-order valence-electron chi connectivity index (χ0n) is 49.2. The van der Waals surface area contributed by atoms with Crippen LogP contribution < -0.4 is 0 Å². The number of unbranched alkanes of at least 4 members (excludes halogenated alkanes) is 43. The molecule has 6 nitrogen and oxygen atoms in total. The molecule has 0 spiro atoms. The van der Waals surface area contributed by atoms with Crippen molar-refractivity contribution in [2.45, 2.75) is 361 Å². The van der Waals surface area contributed by atoms with E-state index in [9.17, 15) is 14.4 Å². The van der Waals surface area contributed by atoms with Gasteiger partial charge in [0.25, 0.3) is 0 Å². The number of carbonyl (C=O) groups excluding carboxylic acids is 3. The van der Waals surface area contributed by atoms with Crippen molar-refractivity contribution in [3.8, 4) is 0 Å². The first-order chi connectivity index (χ1) is 36.0. The highest BCUT2D eigenvalue weighted by Gasteiger charge is 2.19. The Morgan fingerprint density at radius 2 is 0.493 bits per heavy atom. The van der Waals surface area contributed by atoms with Gasteiger partial charge in [-0.1, -0.05) is 295 Å². The minimum atomic E-state index is -0.776. The van der Waals surface area contributed by atoms with Crippen molar-refractivity contribution >= 4 is 17.9 Å². The van der Waals surface area contributed by atoms with E-state index in [0.29, 0.717) is 19.3 Å². The Labute approximate surface area is 455 Å². The predicted octanol–water partition coefficient (Wildman–Crippen LogP) is 22.0. The van der Waals surface area contributed by atoms with Gasteiger partial charge in [0.15, 0.2) is 6.10 Å². The maximum atomic E-state index is 12.9. The quantitative estimate of drug-likeness (QED) is 0.0261. The van der Waals surface area contributed by atoms with Crippen molar-refractivity contribution in [3.05, 3.63) is 36.5 Å². The fourth-order valence-corrected chi connectivity index (χ4v) is 9.71. The van der Waals surface area contributed by atoms with Gasteiger partial charge in [-0.05, 0) is 77.0 Å². The van der Waals surface area contributed by atoms with Crippen LogP contribution in [0, 0.1) is 0 Å². The van der Waals surface area contributed by atoms with E-state index in [2.05, 4.69) is 57.2 Å². The average Bonchev–Trinajstić information content (AvgIpc) is 3.39. The Kier molecular flexibility index (Phi) is 60.2. The van der Waals surface area contributed by atoms with Crippen molar-refractivity contribution in [3.63, 3.8) is 0 Å². The van der Waals surface area contributed by atoms with Crippen molar-refractivity contribution < 1.29 is 28.6 Å². The lowest BCUT2D eigenvalue weighted by Gasteiger charge is -2.18. The van der Waals surface area contributed by atoms with Gasteiger partial charge >= 0.3 is 17.9 Å². The summed E-state index contributed by atoms with van der Waals surface area (Å²) in [5, 5.41) is 0. The van der Waals surface area contributed by atoms with E-state index in [1.165, 1.54) is 244 Å². The molecule has 0 heterocycles. The SMILES string of the molecule is CCCCC/C=C\C/C=C\CCCCCCCCCC(=O)OCC(COC(=O)CCCCCCCCCCCCCCCCCCCCCC)OC(=O)CCCCCCCCC/C=C\CCCCCCCCC. The summed E-state index contributed by atoms with van der Waals surface area (Å²) in [6.45, 7) is 6.67. The van der Waals surface area contributed by atoms with Crippen LogP contribution in [0.15, 0.2) is 36.5 Å². The molecular weight excluding hydrogens is 901 g/mol. The highest BCUT2D eigenvalue weighted by Crippen LogP contribution is 2.17. The third-order valence-electron chi connectivity index (χ3n) is 14.6. The van der Waals surface area contributed by atoms with Gasteiger partial charge in [0, 0.05) is 19.3 Å². The van der Waals surface area contributed by atoms with Crippen molar-refractivity contribution in [2.24, 2.45) is 0 Å². The number of allylic oxidation sites excluding steroid dienone is 6. The van der Waals surface area contributed by atoms with Crippen LogP contribution in [0.1, 0.15) is 355 Å². The molecule has 0 aliphatic rings. The van der Waals surface area contributed by atoms with Gasteiger partial charge in [-0.2, -0.15) is 0 Å². The summed E-state index contributed by atoms with van der Waals surface area (Å²) in [6.07, 6.45) is 75.7. The lowest BCUT2D eigenvalue weighted by atomic mass is 10.0. The summed E-state index contributed by atoms with van der Waals surface area (Å²) in [5.74, 6) is -0.860. The van der Waals surface area contributed by atoms with Crippen LogP contribution >= 0.6 is 0 Å². The maximum absolute atomic E-state index is 12.9. The van der Waals surface area contributed by atoms with E-state index < -0.39 is 6.10 Å². The smallest absolute Gasteiger partial charge is 0.306 e. The predicted molar refractivity (Wildman–Crippen MR) is 316 cm³/mol.